The summed E-state index contributed by atoms with van der Waals surface area (Å²) >= 11 is 0. The number of ketones is 1. The molecule has 0 fully saturated rings. The van der Waals surface area contributed by atoms with Gasteiger partial charge in [0.15, 0.2) is 11.7 Å². The monoisotopic (exact) mass is 389 g/mol. The molecule has 29 heavy (non-hydrogen) atoms. The van der Waals surface area contributed by atoms with Crippen LogP contribution in [0.3, 0.4) is 0 Å². The number of amides is 1. The van der Waals surface area contributed by atoms with Gasteiger partial charge in [0.2, 0.25) is 5.91 Å². The number of benzene rings is 2. The largest absolute Gasteiger partial charge is 0.326 e. The molecule has 1 N–H and O–H groups in total. The summed E-state index contributed by atoms with van der Waals surface area (Å²) in [4.78, 5) is 34.3. The lowest BCUT2D eigenvalue weighted by atomic mass is 9.96. The molecule has 1 amide bonds. The molecule has 0 radical (unpaired) electrons. The molecular formula is C21H16FN5O2. The van der Waals surface area contributed by atoms with Crippen LogP contribution in [0.2, 0.25) is 0 Å². The quantitative estimate of drug-likeness (QED) is 0.546. The predicted octanol–water partition coefficient (Wildman–Crippen LogP) is 3.06. The number of nitrogens with one attached hydrogen (secondary N) is 1. The zero-order chi connectivity index (χ0) is 20.0. The van der Waals surface area contributed by atoms with E-state index < -0.39 is 17.6 Å². The van der Waals surface area contributed by atoms with Crippen LogP contribution in [0.1, 0.15) is 18.2 Å². The zero-order valence-corrected chi connectivity index (χ0v) is 15.2. The first-order valence-corrected chi connectivity index (χ1v) is 9.19. The molecule has 3 heterocycles. The average Bonchev–Trinajstić information content (AvgIpc) is 3.37. The number of carbonyl (C=O) groups is 2. The number of Topliss-reactive ketones (excluding diaryl/α,β-unsaturated/α-hetero) is 1. The van der Waals surface area contributed by atoms with Gasteiger partial charge in [-0.05, 0) is 24.3 Å². The third kappa shape index (κ3) is 2.80. The summed E-state index contributed by atoms with van der Waals surface area (Å²) in [6.45, 7) is 0.446. The second-order valence-electron chi connectivity index (χ2n) is 6.85. The van der Waals surface area contributed by atoms with Crippen molar-refractivity contribution in [1.29, 1.82) is 0 Å². The number of nitrogens with zero attached hydrogens (tertiary/aromatic N) is 4. The van der Waals surface area contributed by atoms with Crippen molar-refractivity contribution in [3.63, 3.8) is 0 Å². The van der Waals surface area contributed by atoms with Gasteiger partial charge in [-0.15, -0.1) is 0 Å². The highest BCUT2D eigenvalue weighted by Crippen LogP contribution is 2.32. The van der Waals surface area contributed by atoms with Crippen LogP contribution in [0.15, 0.2) is 61.2 Å². The van der Waals surface area contributed by atoms with Crippen LogP contribution in [-0.4, -0.2) is 30.8 Å². The molecule has 0 spiro atoms. The summed E-state index contributed by atoms with van der Waals surface area (Å²) in [5, 5.41) is 2.53. The van der Waals surface area contributed by atoms with Gasteiger partial charge in [-0.25, -0.2) is 14.4 Å². The number of hydrogen-bond acceptors (Lipinski definition) is 4. The number of fused-ring (bicyclic) bond motifs is 3. The minimum atomic E-state index is -1.09. The van der Waals surface area contributed by atoms with Crippen molar-refractivity contribution in [1.82, 2.24) is 19.1 Å². The van der Waals surface area contributed by atoms with Gasteiger partial charge in [0.1, 0.15) is 17.2 Å². The first-order chi connectivity index (χ1) is 14.1. The number of hydrogen-bond donors (Lipinski definition) is 1. The highest BCUT2D eigenvalue weighted by molar-refractivity contribution is 6.12. The fraction of sp³-hybridized carbons (Fsp3) is 0.143. The fourth-order valence-corrected chi connectivity index (χ4v) is 3.76. The van der Waals surface area contributed by atoms with Crippen LogP contribution < -0.4 is 5.32 Å². The van der Waals surface area contributed by atoms with E-state index in [-0.39, 0.29) is 17.9 Å². The Labute approximate surface area is 164 Å². The van der Waals surface area contributed by atoms with E-state index in [1.165, 1.54) is 18.2 Å². The molecule has 0 bridgehead atoms. The molecule has 144 valence electrons. The number of aryl methyl sites for hydroxylation is 1. The van der Waals surface area contributed by atoms with Crippen molar-refractivity contribution in [2.24, 2.45) is 0 Å². The number of imidazole rings is 2. The van der Waals surface area contributed by atoms with Gasteiger partial charge in [0, 0.05) is 25.4 Å². The van der Waals surface area contributed by atoms with Gasteiger partial charge in [0.25, 0.3) is 0 Å². The van der Waals surface area contributed by atoms with E-state index in [4.69, 9.17) is 0 Å². The third-order valence-electron chi connectivity index (χ3n) is 5.13. The van der Waals surface area contributed by atoms with E-state index in [0.717, 1.165) is 11.2 Å². The molecule has 2 aromatic heterocycles. The molecule has 1 unspecified atom stereocenters. The van der Waals surface area contributed by atoms with Gasteiger partial charge in [0.05, 0.1) is 23.2 Å². The maximum absolute atomic E-state index is 14.0. The Hall–Kier alpha value is -3.81. The first kappa shape index (κ1) is 17.3. The molecular weight excluding hydrogens is 373 g/mol. The van der Waals surface area contributed by atoms with E-state index >= 15 is 0 Å². The van der Waals surface area contributed by atoms with Crippen molar-refractivity contribution in [3.05, 3.63) is 72.8 Å². The lowest BCUT2D eigenvalue weighted by Gasteiger charge is -2.22. The summed E-state index contributed by atoms with van der Waals surface area (Å²) < 4.78 is 17.7. The standard InChI is InChI=1S/C21H16FN5O2/c22-13-4-1-2-5-14(13)24-21(29)18-17(28)8-10-27-16-7-3-6-15(19(16)25-20(18)27)26-11-9-23-12-26/h1-7,9,11-12,18H,8,10H2,(H,24,29). The van der Waals surface area contributed by atoms with Crippen LogP contribution in [0.4, 0.5) is 10.1 Å². The molecule has 1 aliphatic heterocycles. The maximum atomic E-state index is 14.0. The number of anilines is 1. The molecule has 4 aromatic rings. The van der Waals surface area contributed by atoms with Crippen molar-refractivity contribution in [2.45, 2.75) is 18.9 Å². The normalized spacial score (nSPS) is 16.0. The van der Waals surface area contributed by atoms with Gasteiger partial charge in [-0.3, -0.25) is 9.59 Å². The Kier molecular flexibility index (Phi) is 3.97. The number of rotatable bonds is 3. The molecule has 0 saturated heterocycles. The lowest BCUT2D eigenvalue weighted by molar-refractivity contribution is -0.128. The minimum absolute atomic E-state index is 0.0395. The van der Waals surface area contributed by atoms with Crippen LogP contribution in [0.25, 0.3) is 16.7 Å². The summed E-state index contributed by atoms with van der Waals surface area (Å²) in [7, 11) is 0. The Bertz CT molecular complexity index is 1250. The maximum Gasteiger partial charge on any atom is 0.242 e. The Balaban J connectivity index is 1.60. The SMILES string of the molecule is O=C1CCn2c(nc3c(-n4ccnc4)cccc32)C1C(=O)Nc1ccccc1F. The minimum Gasteiger partial charge on any atom is -0.326 e. The zero-order valence-electron chi connectivity index (χ0n) is 15.2. The molecule has 1 atom stereocenters. The second kappa shape index (κ2) is 6.66. The van der Waals surface area contributed by atoms with Crippen LogP contribution in [-0.2, 0) is 16.1 Å². The van der Waals surface area contributed by atoms with E-state index in [2.05, 4.69) is 15.3 Å². The first-order valence-electron chi connectivity index (χ1n) is 9.19. The number of aromatic nitrogens is 4. The van der Waals surface area contributed by atoms with Crippen molar-refractivity contribution in [3.8, 4) is 5.69 Å². The van der Waals surface area contributed by atoms with Gasteiger partial charge >= 0.3 is 0 Å². The van der Waals surface area contributed by atoms with Crippen molar-refractivity contribution >= 4 is 28.4 Å². The highest BCUT2D eigenvalue weighted by atomic mass is 19.1. The summed E-state index contributed by atoms with van der Waals surface area (Å²) in [6, 6.07) is 11.6. The lowest BCUT2D eigenvalue weighted by Crippen LogP contribution is -2.34. The molecule has 0 saturated carbocycles. The molecule has 5 rings (SSSR count). The topological polar surface area (TPSA) is 81.8 Å². The Morgan fingerprint density at radius 1 is 1.17 bits per heavy atom. The third-order valence-corrected chi connectivity index (χ3v) is 5.13. The van der Waals surface area contributed by atoms with Gasteiger partial charge < -0.3 is 14.5 Å². The van der Waals surface area contributed by atoms with Crippen molar-refractivity contribution < 1.29 is 14.0 Å². The van der Waals surface area contributed by atoms with Crippen LogP contribution in [0.5, 0.6) is 0 Å². The molecule has 7 nitrogen and oxygen atoms in total. The fourth-order valence-electron chi connectivity index (χ4n) is 3.76. The smallest absolute Gasteiger partial charge is 0.242 e. The van der Waals surface area contributed by atoms with Crippen LogP contribution in [0, 0.1) is 5.82 Å². The summed E-state index contributed by atoms with van der Waals surface area (Å²) in [6.07, 6.45) is 5.35. The Morgan fingerprint density at radius 3 is 2.83 bits per heavy atom. The molecule has 2 aromatic carbocycles. The van der Waals surface area contributed by atoms with E-state index in [0.29, 0.717) is 17.9 Å². The average molecular weight is 389 g/mol. The second-order valence-corrected chi connectivity index (χ2v) is 6.85. The number of halogens is 1. The molecule has 8 heteroatoms. The van der Waals surface area contributed by atoms with Crippen molar-refractivity contribution in [2.75, 3.05) is 5.32 Å². The van der Waals surface area contributed by atoms with E-state index in [9.17, 15) is 14.0 Å². The Morgan fingerprint density at radius 2 is 2.03 bits per heavy atom. The summed E-state index contributed by atoms with van der Waals surface area (Å²) in [5.74, 6) is -2.09. The number of carbonyl (C=O) groups excluding carboxylic acids is 2. The molecule has 1 aliphatic rings. The van der Waals surface area contributed by atoms with E-state index in [1.54, 1.807) is 24.8 Å². The molecule has 0 aliphatic carbocycles. The number of para-hydroxylation sites is 2. The highest BCUT2D eigenvalue weighted by Gasteiger charge is 2.37. The van der Waals surface area contributed by atoms with Gasteiger partial charge in [-0.2, -0.15) is 0 Å². The summed E-state index contributed by atoms with van der Waals surface area (Å²) in [5.41, 5.74) is 2.36. The van der Waals surface area contributed by atoms with E-state index in [1.807, 2.05) is 27.3 Å². The van der Waals surface area contributed by atoms with Crippen LogP contribution >= 0.6 is 0 Å². The predicted molar refractivity (Wildman–Crippen MR) is 104 cm³/mol. The van der Waals surface area contributed by atoms with Gasteiger partial charge in [-0.1, -0.05) is 18.2 Å².